The minimum absolute atomic E-state index is 0.239. The fourth-order valence-corrected chi connectivity index (χ4v) is 2.58. The molecule has 0 radical (unpaired) electrons. The summed E-state index contributed by atoms with van der Waals surface area (Å²) in [5, 5.41) is 3.40. The molecule has 1 N–H and O–H groups in total. The molecule has 17 heavy (non-hydrogen) atoms. The molecule has 0 atom stereocenters. The molecule has 0 bridgehead atoms. The van der Waals surface area contributed by atoms with Crippen LogP contribution in [0.15, 0.2) is 18.2 Å². The molecular weight excluding hydrogens is 292 g/mol. The van der Waals surface area contributed by atoms with Gasteiger partial charge in [-0.25, -0.2) is 8.78 Å². The summed E-state index contributed by atoms with van der Waals surface area (Å²) in [5.74, 6) is -1.87. The lowest BCUT2D eigenvalue weighted by Crippen LogP contribution is -2.55. The third-order valence-electron chi connectivity index (χ3n) is 3.12. The third-order valence-corrected chi connectivity index (χ3v) is 4.19. The van der Waals surface area contributed by atoms with Crippen LogP contribution < -0.4 is 5.32 Å². The molecule has 1 amide bonds. The minimum atomic E-state index is -0.701. The zero-order valence-corrected chi connectivity index (χ0v) is 10.7. The quantitative estimate of drug-likeness (QED) is 0.855. The molecule has 2 rings (SSSR count). The number of rotatable bonds is 3. The normalized spacial score (nSPS) is 17.4. The molecule has 0 saturated heterocycles. The van der Waals surface area contributed by atoms with E-state index in [-0.39, 0.29) is 11.1 Å². The molecule has 0 spiro atoms. The molecule has 2 nitrogen and oxygen atoms in total. The molecule has 1 aromatic rings. The number of hydrogen-bond acceptors (Lipinski definition) is 1. The van der Waals surface area contributed by atoms with Crippen molar-refractivity contribution >= 4 is 21.8 Å². The number of carbonyl (C=O) groups is 1. The Morgan fingerprint density at radius 1 is 1.41 bits per heavy atom. The maximum absolute atomic E-state index is 13.4. The van der Waals surface area contributed by atoms with Gasteiger partial charge in [0, 0.05) is 5.33 Å². The summed E-state index contributed by atoms with van der Waals surface area (Å²) >= 11 is 3.33. The first-order valence-electron chi connectivity index (χ1n) is 5.40. The smallest absolute Gasteiger partial charge is 0.254 e. The van der Waals surface area contributed by atoms with Gasteiger partial charge in [-0.2, -0.15) is 0 Å². The van der Waals surface area contributed by atoms with Gasteiger partial charge in [0.2, 0.25) is 0 Å². The highest BCUT2D eigenvalue weighted by atomic mass is 79.9. The van der Waals surface area contributed by atoms with Gasteiger partial charge in [0.25, 0.3) is 5.91 Å². The summed E-state index contributed by atoms with van der Waals surface area (Å²) in [5.41, 5.74) is -0.534. The van der Waals surface area contributed by atoms with Crippen molar-refractivity contribution < 1.29 is 13.6 Å². The van der Waals surface area contributed by atoms with Gasteiger partial charge in [-0.15, -0.1) is 0 Å². The third kappa shape index (κ3) is 2.49. The summed E-state index contributed by atoms with van der Waals surface area (Å²) in [7, 11) is 0. The minimum Gasteiger partial charge on any atom is -0.346 e. The maximum atomic E-state index is 13.4. The Labute approximate surface area is 107 Å². The molecule has 0 aliphatic heterocycles. The van der Waals surface area contributed by atoms with Crippen molar-refractivity contribution in [2.75, 3.05) is 5.33 Å². The molecule has 5 heteroatoms. The van der Waals surface area contributed by atoms with Gasteiger partial charge < -0.3 is 5.32 Å². The van der Waals surface area contributed by atoms with Crippen molar-refractivity contribution in [1.29, 1.82) is 0 Å². The lowest BCUT2D eigenvalue weighted by molar-refractivity contribution is 0.0852. The first kappa shape index (κ1) is 12.5. The van der Waals surface area contributed by atoms with E-state index in [1.165, 1.54) is 0 Å². The zero-order chi connectivity index (χ0) is 12.5. The number of benzene rings is 1. The van der Waals surface area contributed by atoms with Gasteiger partial charge in [-0.1, -0.05) is 15.9 Å². The topological polar surface area (TPSA) is 29.1 Å². The molecule has 1 aliphatic rings. The van der Waals surface area contributed by atoms with Crippen LogP contribution in [0, 0.1) is 11.6 Å². The Morgan fingerprint density at radius 3 is 2.65 bits per heavy atom. The first-order valence-corrected chi connectivity index (χ1v) is 6.52. The number of hydrogen-bond donors (Lipinski definition) is 1. The Balaban J connectivity index is 2.17. The van der Waals surface area contributed by atoms with Gasteiger partial charge in [-0.05, 0) is 37.5 Å². The highest BCUT2D eigenvalue weighted by Crippen LogP contribution is 2.33. The van der Waals surface area contributed by atoms with Crippen molar-refractivity contribution in [3.63, 3.8) is 0 Å². The SMILES string of the molecule is O=C(NC1(CBr)CCC1)c1cc(F)ccc1F. The average molecular weight is 304 g/mol. The maximum Gasteiger partial charge on any atom is 0.254 e. The van der Waals surface area contributed by atoms with Crippen LogP contribution in [0.1, 0.15) is 29.6 Å². The second kappa shape index (κ2) is 4.72. The zero-order valence-electron chi connectivity index (χ0n) is 9.10. The molecule has 1 aromatic carbocycles. The molecule has 1 aliphatic carbocycles. The Kier molecular flexibility index (Phi) is 3.47. The second-order valence-corrected chi connectivity index (χ2v) is 4.91. The van der Waals surface area contributed by atoms with E-state index in [9.17, 15) is 13.6 Å². The van der Waals surface area contributed by atoms with E-state index in [2.05, 4.69) is 21.2 Å². The van der Waals surface area contributed by atoms with Crippen LogP contribution in [0.2, 0.25) is 0 Å². The molecule has 0 unspecified atom stereocenters. The molecule has 0 aromatic heterocycles. The lowest BCUT2D eigenvalue weighted by Gasteiger charge is -2.41. The predicted octanol–water partition coefficient (Wildman–Crippen LogP) is 3.01. The standard InChI is InChI=1S/C12H12BrF2NO/c13-7-12(4-1-5-12)16-11(17)9-6-8(14)2-3-10(9)15/h2-3,6H,1,4-5,7H2,(H,16,17). The van der Waals surface area contributed by atoms with Crippen molar-refractivity contribution in [3.8, 4) is 0 Å². The van der Waals surface area contributed by atoms with Gasteiger partial charge in [0.1, 0.15) is 11.6 Å². The summed E-state index contributed by atoms with van der Waals surface area (Å²) < 4.78 is 26.3. The summed E-state index contributed by atoms with van der Waals surface area (Å²) in [6.07, 6.45) is 2.76. The van der Waals surface area contributed by atoms with Gasteiger partial charge >= 0.3 is 0 Å². The van der Waals surface area contributed by atoms with Gasteiger partial charge in [0.05, 0.1) is 11.1 Å². The van der Waals surface area contributed by atoms with Crippen LogP contribution in [0.3, 0.4) is 0 Å². The number of nitrogens with one attached hydrogen (secondary N) is 1. The second-order valence-electron chi connectivity index (χ2n) is 4.35. The number of carbonyl (C=O) groups excluding carboxylic acids is 1. The van der Waals surface area contributed by atoms with E-state index in [4.69, 9.17) is 0 Å². The molecule has 1 saturated carbocycles. The Morgan fingerprint density at radius 2 is 2.12 bits per heavy atom. The average Bonchev–Trinajstić information content (AvgIpc) is 2.26. The van der Waals surface area contributed by atoms with Crippen molar-refractivity contribution in [1.82, 2.24) is 5.32 Å². The summed E-state index contributed by atoms with van der Waals surface area (Å²) in [6.45, 7) is 0. The van der Waals surface area contributed by atoms with Crippen LogP contribution in [0.4, 0.5) is 8.78 Å². The Bertz CT molecular complexity index is 441. The van der Waals surface area contributed by atoms with E-state index in [1.807, 2.05) is 0 Å². The number of halogens is 3. The van der Waals surface area contributed by atoms with E-state index in [0.29, 0.717) is 5.33 Å². The lowest BCUT2D eigenvalue weighted by atomic mass is 9.78. The summed E-state index contributed by atoms with van der Waals surface area (Å²) in [6, 6.07) is 2.88. The molecular formula is C12H12BrF2NO. The van der Waals surface area contributed by atoms with Crippen molar-refractivity contribution in [2.24, 2.45) is 0 Å². The highest BCUT2D eigenvalue weighted by molar-refractivity contribution is 9.09. The van der Waals surface area contributed by atoms with Crippen LogP contribution in [0.5, 0.6) is 0 Å². The largest absolute Gasteiger partial charge is 0.346 e. The van der Waals surface area contributed by atoms with E-state index < -0.39 is 17.5 Å². The molecule has 0 heterocycles. The highest BCUT2D eigenvalue weighted by Gasteiger charge is 2.37. The van der Waals surface area contributed by atoms with E-state index >= 15 is 0 Å². The van der Waals surface area contributed by atoms with Crippen LogP contribution >= 0.6 is 15.9 Å². The molecule has 1 fully saturated rings. The Hall–Kier alpha value is -0.970. The fraction of sp³-hybridized carbons (Fsp3) is 0.417. The van der Waals surface area contributed by atoms with Crippen LogP contribution in [-0.4, -0.2) is 16.8 Å². The van der Waals surface area contributed by atoms with E-state index in [0.717, 1.165) is 37.5 Å². The number of alkyl halides is 1. The first-order chi connectivity index (χ1) is 8.06. The van der Waals surface area contributed by atoms with Gasteiger partial charge in [0.15, 0.2) is 0 Å². The summed E-state index contributed by atoms with van der Waals surface area (Å²) in [4.78, 5) is 11.8. The van der Waals surface area contributed by atoms with Crippen molar-refractivity contribution in [3.05, 3.63) is 35.4 Å². The monoisotopic (exact) mass is 303 g/mol. The van der Waals surface area contributed by atoms with E-state index in [1.54, 1.807) is 0 Å². The fourth-order valence-electron chi connectivity index (χ4n) is 1.88. The van der Waals surface area contributed by atoms with Crippen molar-refractivity contribution in [2.45, 2.75) is 24.8 Å². The predicted molar refractivity (Wildman–Crippen MR) is 64.2 cm³/mol. The van der Waals surface area contributed by atoms with Gasteiger partial charge in [-0.3, -0.25) is 4.79 Å². The van der Waals surface area contributed by atoms with Crippen LogP contribution in [0.25, 0.3) is 0 Å². The molecule has 92 valence electrons. The number of amides is 1. The van der Waals surface area contributed by atoms with Crippen LogP contribution in [-0.2, 0) is 0 Å².